The minimum absolute atomic E-state index is 0.109. The second-order valence-corrected chi connectivity index (χ2v) is 10.8. The van der Waals surface area contributed by atoms with Crippen molar-refractivity contribution in [2.45, 2.75) is 31.2 Å². The number of anilines is 2. The maximum atomic E-state index is 13.6. The maximum Gasteiger partial charge on any atom is 0.264 e. The summed E-state index contributed by atoms with van der Waals surface area (Å²) in [5, 5.41) is 0.596. The SMILES string of the molecule is CCN(C(=O)c1cccc(S(=O)(=O)N2c3ccccc3CC2C)c1)c1nc2ccccc2s1. The van der Waals surface area contributed by atoms with E-state index in [2.05, 4.69) is 4.98 Å². The Morgan fingerprint density at radius 2 is 1.85 bits per heavy atom. The van der Waals surface area contributed by atoms with Gasteiger partial charge in [0.05, 0.1) is 20.8 Å². The molecule has 2 heterocycles. The zero-order chi connectivity index (χ0) is 23.2. The van der Waals surface area contributed by atoms with E-state index < -0.39 is 10.0 Å². The predicted octanol–water partition coefficient (Wildman–Crippen LogP) is 5.10. The average Bonchev–Trinajstić information content (AvgIpc) is 3.39. The minimum Gasteiger partial charge on any atom is -0.284 e. The Balaban J connectivity index is 1.50. The van der Waals surface area contributed by atoms with Gasteiger partial charge in [0, 0.05) is 18.2 Å². The van der Waals surface area contributed by atoms with Crippen LogP contribution in [0, 0.1) is 0 Å². The number of fused-ring (bicyclic) bond motifs is 2. The minimum atomic E-state index is -3.83. The van der Waals surface area contributed by atoms with Crippen molar-refractivity contribution in [3.63, 3.8) is 0 Å². The lowest BCUT2D eigenvalue weighted by molar-refractivity contribution is 0.0988. The van der Waals surface area contributed by atoms with Crippen molar-refractivity contribution < 1.29 is 13.2 Å². The van der Waals surface area contributed by atoms with Crippen LogP contribution in [0.5, 0.6) is 0 Å². The third-order valence-electron chi connectivity index (χ3n) is 5.86. The number of thiazole rings is 1. The van der Waals surface area contributed by atoms with E-state index in [9.17, 15) is 13.2 Å². The molecule has 1 aliphatic heterocycles. The van der Waals surface area contributed by atoms with Gasteiger partial charge in [-0.05, 0) is 62.2 Å². The van der Waals surface area contributed by atoms with E-state index in [-0.39, 0.29) is 16.8 Å². The van der Waals surface area contributed by atoms with E-state index in [1.165, 1.54) is 21.7 Å². The van der Waals surface area contributed by atoms with Gasteiger partial charge in [0.2, 0.25) is 0 Å². The fraction of sp³-hybridized carbons (Fsp3) is 0.200. The van der Waals surface area contributed by atoms with Gasteiger partial charge >= 0.3 is 0 Å². The first kappa shape index (κ1) is 21.6. The highest BCUT2D eigenvalue weighted by Crippen LogP contribution is 2.37. The fourth-order valence-electron chi connectivity index (χ4n) is 4.30. The van der Waals surface area contributed by atoms with E-state index in [0.29, 0.717) is 29.3 Å². The molecular formula is C25H23N3O3S2. The molecule has 0 saturated carbocycles. The summed E-state index contributed by atoms with van der Waals surface area (Å²) in [6.07, 6.45) is 0.662. The van der Waals surface area contributed by atoms with Gasteiger partial charge in [-0.2, -0.15) is 0 Å². The van der Waals surface area contributed by atoms with Gasteiger partial charge in [-0.1, -0.05) is 47.7 Å². The number of hydrogen-bond donors (Lipinski definition) is 0. The summed E-state index contributed by atoms with van der Waals surface area (Å²) < 4.78 is 29.7. The molecule has 168 valence electrons. The van der Waals surface area contributed by atoms with Crippen molar-refractivity contribution in [2.24, 2.45) is 0 Å². The molecule has 0 aliphatic carbocycles. The van der Waals surface area contributed by atoms with E-state index in [4.69, 9.17) is 0 Å². The van der Waals surface area contributed by atoms with Crippen molar-refractivity contribution in [1.29, 1.82) is 0 Å². The van der Waals surface area contributed by atoms with Gasteiger partial charge in [0.15, 0.2) is 5.13 Å². The number of para-hydroxylation sites is 2. The predicted molar refractivity (Wildman–Crippen MR) is 133 cm³/mol. The molecule has 0 spiro atoms. The number of nitrogens with zero attached hydrogens (tertiary/aromatic N) is 3. The lowest BCUT2D eigenvalue weighted by Gasteiger charge is -2.25. The van der Waals surface area contributed by atoms with E-state index in [0.717, 1.165) is 15.8 Å². The number of carbonyl (C=O) groups is 1. The zero-order valence-electron chi connectivity index (χ0n) is 18.3. The third kappa shape index (κ3) is 3.69. The van der Waals surface area contributed by atoms with Gasteiger partial charge in [0.25, 0.3) is 15.9 Å². The molecule has 6 nitrogen and oxygen atoms in total. The summed E-state index contributed by atoms with van der Waals surface area (Å²) in [7, 11) is -3.83. The molecule has 4 aromatic rings. The molecule has 8 heteroatoms. The normalized spacial score (nSPS) is 15.6. The highest BCUT2D eigenvalue weighted by Gasteiger charge is 2.36. The van der Waals surface area contributed by atoms with E-state index >= 15 is 0 Å². The molecule has 33 heavy (non-hydrogen) atoms. The molecule has 1 atom stereocenters. The van der Waals surface area contributed by atoms with Crippen molar-refractivity contribution >= 4 is 48.3 Å². The summed E-state index contributed by atoms with van der Waals surface area (Å²) in [5.41, 5.74) is 2.86. The monoisotopic (exact) mass is 477 g/mol. The van der Waals surface area contributed by atoms with Crippen LogP contribution in [0.3, 0.4) is 0 Å². The van der Waals surface area contributed by atoms with Crippen molar-refractivity contribution in [3.8, 4) is 0 Å². The Kier molecular flexibility index (Phi) is 5.42. The van der Waals surface area contributed by atoms with Crippen LogP contribution in [0.1, 0.15) is 29.8 Å². The molecule has 1 aliphatic rings. The summed E-state index contributed by atoms with van der Waals surface area (Å²) in [6, 6.07) is 21.4. The van der Waals surface area contributed by atoms with Crippen LogP contribution in [0.25, 0.3) is 10.2 Å². The van der Waals surface area contributed by atoms with Gasteiger partial charge < -0.3 is 0 Å². The van der Waals surface area contributed by atoms with Gasteiger partial charge in [0.1, 0.15) is 0 Å². The Morgan fingerprint density at radius 3 is 2.64 bits per heavy atom. The van der Waals surface area contributed by atoms with Gasteiger partial charge in [-0.3, -0.25) is 14.0 Å². The molecular weight excluding hydrogens is 454 g/mol. The van der Waals surface area contributed by atoms with Crippen LogP contribution < -0.4 is 9.21 Å². The van der Waals surface area contributed by atoms with Crippen LogP contribution in [0.2, 0.25) is 0 Å². The van der Waals surface area contributed by atoms with E-state index in [1.54, 1.807) is 23.1 Å². The zero-order valence-corrected chi connectivity index (χ0v) is 19.9. The Labute approximate surface area is 197 Å². The second kappa shape index (κ2) is 8.28. The lowest BCUT2D eigenvalue weighted by atomic mass is 10.1. The maximum absolute atomic E-state index is 13.6. The average molecular weight is 478 g/mol. The fourth-order valence-corrected chi connectivity index (χ4v) is 7.07. The first-order valence-corrected chi connectivity index (χ1v) is 13.1. The second-order valence-electron chi connectivity index (χ2n) is 8.02. The number of rotatable bonds is 5. The molecule has 3 aromatic carbocycles. The third-order valence-corrected chi connectivity index (χ3v) is 8.84. The molecule has 1 amide bonds. The first-order valence-electron chi connectivity index (χ1n) is 10.8. The summed E-state index contributed by atoms with van der Waals surface area (Å²) in [6.45, 7) is 4.21. The van der Waals surface area contributed by atoms with Crippen LogP contribution >= 0.6 is 11.3 Å². The smallest absolute Gasteiger partial charge is 0.264 e. The first-order chi connectivity index (χ1) is 15.9. The number of carbonyl (C=O) groups excluding carboxylic acids is 1. The summed E-state index contributed by atoms with van der Waals surface area (Å²) in [5.74, 6) is -0.275. The highest BCUT2D eigenvalue weighted by atomic mass is 32.2. The summed E-state index contributed by atoms with van der Waals surface area (Å²) >= 11 is 1.44. The summed E-state index contributed by atoms with van der Waals surface area (Å²) in [4.78, 5) is 19.7. The van der Waals surface area contributed by atoms with Crippen LogP contribution in [-0.2, 0) is 16.4 Å². The van der Waals surface area contributed by atoms with Crippen LogP contribution in [0.4, 0.5) is 10.8 Å². The molecule has 5 rings (SSSR count). The number of aromatic nitrogens is 1. The Bertz CT molecular complexity index is 1430. The molecule has 0 bridgehead atoms. The van der Waals surface area contributed by atoms with Crippen LogP contribution in [-0.4, -0.2) is 31.9 Å². The lowest BCUT2D eigenvalue weighted by Crippen LogP contribution is -2.36. The number of sulfonamides is 1. The van der Waals surface area contributed by atoms with Crippen molar-refractivity contribution in [3.05, 3.63) is 83.9 Å². The Hall–Kier alpha value is -3.23. The molecule has 1 aromatic heterocycles. The topological polar surface area (TPSA) is 70.6 Å². The quantitative estimate of drug-likeness (QED) is 0.401. The Morgan fingerprint density at radius 1 is 1.09 bits per heavy atom. The molecule has 0 N–H and O–H groups in total. The molecule has 0 saturated heterocycles. The van der Waals surface area contributed by atoms with Crippen molar-refractivity contribution in [1.82, 2.24) is 4.98 Å². The molecule has 0 radical (unpaired) electrons. The molecule has 0 fully saturated rings. The van der Waals surface area contributed by atoms with E-state index in [1.807, 2.05) is 62.4 Å². The highest BCUT2D eigenvalue weighted by molar-refractivity contribution is 7.92. The van der Waals surface area contributed by atoms with Crippen molar-refractivity contribution in [2.75, 3.05) is 15.7 Å². The van der Waals surface area contributed by atoms with Crippen LogP contribution in [0.15, 0.2) is 77.7 Å². The number of amides is 1. The van der Waals surface area contributed by atoms with Gasteiger partial charge in [-0.15, -0.1) is 0 Å². The van der Waals surface area contributed by atoms with Gasteiger partial charge in [-0.25, -0.2) is 13.4 Å². The molecule has 1 unspecified atom stereocenters. The number of benzene rings is 3. The standard InChI is InChI=1S/C25H23N3O3S2/c1-3-27(25-26-21-12-5-7-14-23(21)32-25)24(29)19-10-8-11-20(16-19)33(30,31)28-17(2)15-18-9-4-6-13-22(18)28/h4-14,16-17H,3,15H2,1-2H3. The largest absolute Gasteiger partial charge is 0.284 e. The number of hydrogen-bond acceptors (Lipinski definition) is 5.